The van der Waals surface area contributed by atoms with E-state index in [0.29, 0.717) is 34.8 Å². The molecule has 8 nitrogen and oxygen atoms in total. The van der Waals surface area contributed by atoms with Crippen LogP contribution in [-0.2, 0) is 10.2 Å². The van der Waals surface area contributed by atoms with Crippen LogP contribution < -0.4 is 5.32 Å². The van der Waals surface area contributed by atoms with Crippen molar-refractivity contribution in [3.05, 3.63) is 42.4 Å². The van der Waals surface area contributed by atoms with Gasteiger partial charge >= 0.3 is 0 Å². The molecule has 2 saturated heterocycles. The third kappa shape index (κ3) is 4.10. The number of rotatable bonds is 7. The Morgan fingerprint density at radius 3 is 2.66 bits per heavy atom. The van der Waals surface area contributed by atoms with E-state index in [2.05, 4.69) is 33.7 Å². The molecule has 3 aliphatic heterocycles. The molecule has 0 saturated carbocycles. The molecule has 0 spiro atoms. The molecule has 6 rings (SSSR count). The first-order valence-electron chi connectivity index (χ1n) is 13.2. The van der Waals surface area contributed by atoms with E-state index < -0.39 is 11.8 Å². The number of hydrogen-bond donors (Lipinski definition) is 1. The summed E-state index contributed by atoms with van der Waals surface area (Å²) >= 11 is 0. The number of alkyl halides is 2. The Labute approximate surface area is 220 Å². The Bertz CT molecular complexity index is 1420. The lowest BCUT2D eigenvalue weighted by molar-refractivity contribution is -0.135. The van der Waals surface area contributed by atoms with Crippen molar-refractivity contribution >= 4 is 28.9 Å². The maximum absolute atomic E-state index is 13.4. The Hall–Kier alpha value is -3.24. The van der Waals surface area contributed by atoms with Crippen molar-refractivity contribution in [3.63, 3.8) is 0 Å². The SMILES string of the molecule is C=Cc1cc(-c2ccc3c(n2)C(C)(CC(F)F)C(C)=N3)c2cnc(NC3CCN(C4(C)COC4)CC3)nn12. The summed E-state index contributed by atoms with van der Waals surface area (Å²) in [5.41, 5.74) is 4.24. The molecule has 1 N–H and O–H groups in total. The van der Waals surface area contributed by atoms with Crippen LogP contribution in [0.3, 0.4) is 0 Å². The molecule has 6 heterocycles. The third-order valence-electron chi connectivity index (χ3n) is 8.49. The summed E-state index contributed by atoms with van der Waals surface area (Å²) in [4.78, 5) is 16.5. The van der Waals surface area contributed by atoms with E-state index in [4.69, 9.17) is 14.8 Å². The van der Waals surface area contributed by atoms with Gasteiger partial charge in [-0.15, -0.1) is 5.10 Å². The van der Waals surface area contributed by atoms with Gasteiger partial charge in [0.15, 0.2) is 0 Å². The molecule has 0 bridgehead atoms. The first-order valence-corrected chi connectivity index (χ1v) is 13.2. The first kappa shape index (κ1) is 25.1. The first-order chi connectivity index (χ1) is 18.2. The number of aromatic nitrogens is 4. The van der Waals surface area contributed by atoms with Gasteiger partial charge in [0.05, 0.1) is 58.7 Å². The standard InChI is InChI=1S/C28H33F2N7O/c1-5-19-12-20(21-6-7-22-25(34-21)28(4,13-24(29)30)17(2)32-22)23-14-31-26(35-37(19)23)33-18-8-10-36(11-9-18)27(3)15-38-16-27/h5-7,12,14,18,24H,1,8-11,13,15-16H2,2-4H3,(H,33,35). The minimum atomic E-state index is -2.45. The van der Waals surface area contributed by atoms with Crippen LogP contribution in [0.2, 0.25) is 0 Å². The molecule has 0 aromatic carbocycles. The molecule has 3 aromatic rings. The second-order valence-corrected chi connectivity index (χ2v) is 11.2. The van der Waals surface area contributed by atoms with E-state index in [-0.39, 0.29) is 12.0 Å². The number of nitrogens with one attached hydrogen (secondary N) is 1. The summed E-state index contributed by atoms with van der Waals surface area (Å²) in [6.07, 6.45) is 2.79. The minimum Gasteiger partial charge on any atom is -0.377 e. The number of nitrogens with zero attached hydrogens (tertiary/aromatic N) is 6. The van der Waals surface area contributed by atoms with Gasteiger partial charge < -0.3 is 10.1 Å². The molecule has 0 aliphatic carbocycles. The van der Waals surface area contributed by atoms with Crippen molar-refractivity contribution in [3.8, 4) is 11.3 Å². The zero-order valence-electron chi connectivity index (χ0n) is 22.0. The number of fused-ring (bicyclic) bond motifs is 2. The summed E-state index contributed by atoms with van der Waals surface area (Å²) in [6, 6.07) is 5.99. The molecular weight excluding hydrogens is 488 g/mol. The summed E-state index contributed by atoms with van der Waals surface area (Å²) in [5, 5.41) is 8.29. The smallest absolute Gasteiger partial charge is 0.241 e. The maximum atomic E-state index is 13.4. The Kier molecular flexibility index (Phi) is 6.07. The molecule has 1 unspecified atom stereocenters. The fraction of sp³-hybridized carbons (Fsp3) is 0.500. The average Bonchev–Trinajstić information content (AvgIpc) is 3.36. The van der Waals surface area contributed by atoms with E-state index in [1.54, 1.807) is 26.1 Å². The fourth-order valence-electron chi connectivity index (χ4n) is 5.88. The highest BCUT2D eigenvalue weighted by Gasteiger charge is 2.42. The van der Waals surface area contributed by atoms with Gasteiger partial charge in [0.1, 0.15) is 0 Å². The van der Waals surface area contributed by atoms with Crippen molar-refractivity contribution in [2.75, 3.05) is 31.6 Å². The van der Waals surface area contributed by atoms with Crippen LogP contribution in [-0.4, -0.2) is 74.5 Å². The molecule has 0 amide bonds. The summed E-state index contributed by atoms with van der Waals surface area (Å²) in [6.45, 7) is 13.5. The molecule has 2 fully saturated rings. The summed E-state index contributed by atoms with van der Waals surface area (Å²) in [7, 11) is 0. The largest absolute Gasteiger partial charge is 0.377 e. The maximum Gasteiger partial charge on any atom is 0.241 e. The van der Waals surface area contributed by atoms with Gasteiger partial charge in [-0.1, -0.05) is 6.58 Å². The zero-order valence-corrected chi connectivity index (χ0v) is 22.0. The van der Waals surface area contributed by atoms with Gasteiger partial charge in [-0.25, -0.2) is 23.3 Å². The highest BCUT2D eigenvalue weighted by molar-refractivity contribution is 5.99. The van der Waals surface area contributed by atoms with E-state index in [9.17, 15) is 8.78 Å². The molecule has 0 radical (unpaired) electrons. The van der Waals surface area contributed by atoms with Gasteiger partial charge in [-0.05, 0) is 57.9 Å². The number of piperidine rings is 1. The van der Waals surface area contributed by atoms with E-state index in [0.717, 1.165) is 55.9 Å². The van der Waals surface area contributed by atoms with Crippen molar-refractivity contribution in [2.45, 2.75) is 63.5 Å². The van der Waals surface area contributed by atoms with E-state index >= 15 is 0 Å². The number of ether oxygens (including phenoxy) is 1. The number of pyridine rings is 1. The molecule has 3 aromatic heterocycles. The quantitative estimate of drug-likeness (QED) is 0.465. The van der Waals surface area contributed by atoms with Gasteiger partial charge in [0.25, 0.3) is 0 Å². The monoisotopic (exact) mass is 521 g/mol. The fourth-order valence-corrected chi connectivity index (χ4v) is 5.88. The van der Waals surface area contributed by atoms with E-state index in [1.165, 1.54) is 0 Å². The van der Waals surface area contributed by atoms with Crippen molar-refractivity contribution < 1.29 is 13.5 Å². The predicted octanol–water partition coefficient (Wildman–Crippen LogP) is 5.12. The lowest BCUT2D eigenvalue weighted by atomic mass is 9.80. The summed E-state index contributed by atoms with van der Waals surface area (Å²) < 4.78 is 34.1. The lowest BCUT2D eigenvalue weighted by Crippen LogP contribution is -2.62. The molecule has 38 heavy (non-hydrogen) atoms. The summed E-state index contributed by atoms with van der Waals surface area (Å²) in [5.74, 6) is 0.565. The normalized spacial score (nSPS) is 23.4. The molecular formula is C28H33F2N7O. The van der Waals surface area contributed by atoms with Crippen LogP contribution in [0.5, 0.6) is 0 Å². The molecule has 3 aliphatic rings. The number of halogens is 2. The van der Waals surface area contributed by atoms with E-state index in [1.807, 2.05) is 22.7 Å². The number of aliphatic imine (C=N–C) groups is 1. The Morgan fingerprint density at radius 2 is 2.00 bits per heavy atom. The van der Waals surface area contributed by atoms with Crippen molar-refractivity contribution in [2.24, 2.45) is 4.99 Å². The molecule has 1 atom stereocenters. The average molecular weight is 522 g/mol. The van der Waals surface area contributed by atoms with Crippen molar-refractivity contribution in [1.29, 1.82) is 0 Å². The van der Waals surface area contributed by atoms with Crippen LogP contribution in [0.15, 0.2) is 36.0 Å². The van der Waals surface area contributed by atoms with Crippen LogP contribution in [0.4, 0.5) is 20.4 Å². The second-order valence-electron chi connectivity index (χ2n) is 11.2. The Morgan fingerprint density at radius 1 is 1.24 bits per heavy atom. The highest BCUT2D eigenvalue weighted by atomic mass is 19.3. The van der Waals surface area contributed by atoms with Crippen molar-refractivity contribution in [1.82, 2.24) is 24.5 Å². The molecule has 10 heteroatoms. The second kappa shape index (κ2) is 9.20. The predicted molar refractivity (Wildman–Crippen MR) is 144 cm³/mol. The zero-order chi connectivity index (χ0) is 26.7. The van der Waals surface area contributed by atoms with Crippen LogP contribution in [0, 0.1) is 0 Å². The van der Waals surface area contributed by atoms with Crippen LogP contribution in [0.25, 0.3) is 22.9 Å². The topological polar surface area (TPSA) is 79.9 Å². The molecule has 200 valence electrons. The van der Waals surface area contributed by atoms with Crippen LogP contribution >= 0.6 is 0 Å². The Balaban J connectivity index is 1.26. The third-order valence-corrected chi connectivity index (χ3v) is 8.49. The van der Waals surface area contributed by atoms with Gasteiger partial charge in [0, 0.05) is 36.8 Å². The van der Waals surface area contributed by atoms with Crippen LogP contribution in [0.1, 0.15) is 51.4 Å². The highest BCUT2D eigenvalue weighted by Crippen LogP contribution is 2.44. The van der Waals surface area contributed by atoms with Gasteiger partial charge in [-0.2, -0.15) is 0 Å². The number of anilines is 1. The minimum absolute atomic E-state index is 0.175. The number of likely N-dealkylation sites (tertiary alicyclic amines) is 1. The van der Waals surface area contributed by atoms with Gasteiger partial charge in [0.2, 0.25) is 12.4 Å². The van der Waals surface area contributed by atoms with Gasteiger partial charge in [-0.3, -0.25) is 9.89 Å². The number of hydrogen-bond acceptors (Lipinski definition) is 7. The lowest BCUT2D eigenvalue weighted by Gasteiger charge is -2.49.